The maximum Gasteiger partial charge on any atom is 0.274 e. The van der Waals surface area contributed by atoms with Crippen molar-refractivity contribution in [3.8, 4) is 17.0 Å². The lowest BCUT2D eigenvalue weighted by molar-refractivity contribution is 0.0601. The summed E-state index contributed by atoms with van der Waals surface area (Å²) in [4.78, 5) is 12.8. The fourth-order valence-corrected chi connectivity index (χ4v) is 3.58. The molecule has 1 saturated heterocycles. The maximum absolute atomic E-state index is 12.8. The maximum atomic E-state index is 12.8. The summed E-state index contributed by atoms with van der Waals surface area (Å²) in [6.45, 7) is 2.46. The third-order valence-electron chi connectivity index (χ3n) is 5.17. The molecule has 0 saturated carbocycles. The number of amides is 1. The van der Waals surface area contributed by atoms with Gasteiger partial charge in [0.2, 0.25) is 0 Å². The highest BCUT2D eigenvalue weighted by atomic mass is 16.5. The number of hydrogen-bond acceptors (Lipinski definition) is 5. The van der Waals surface area contributed by atoms with E-state index in [1.165, 1.54) is 0 Å². The number of ether oxygens (including phenoxy) is 2. The average Bonchev–Trinajstić information content (AvgIpc) is 3.35. The first-order valence-corrected chi connectivity index (χ1v) is 9.73. The lowest BCUT2D eigenvalue weighted by Gasteiger charge is -2.21. The van der Waals surface area contributed by atoms with Crippen LogP contribution in [0.3, 0.4) is 0 Å². The fourth-order valence-electron chi connectivity index (χ4n) is 3.58. The van der Waals surface area contributed by atoms with E-state index in [-0.39, 0.29) is 5.91 Å². The van der Waals surface area contributed by atoms with Crippen molar-refractivity contribution in [2.24, 2.45) is 13.0 Å². The van der Waals surface area contributed by atoms with Crippen LogP contribution in [0.2, 0.25) is 0 Å². The van der Waals surface area contributed by atoms with E-state index in [1.54, 1.807) is 31.1 Å². The van der Waals surface area contributed by atoms with Gasteiger partial charge >= 0.3 is 0 Å². The van der Waals surface area contributed by atoms with Crippen LogP contribution in [0, 0.1) is 5.92 Å². The number of hydrogen-bond donors (Lipinski definition) is 1. The lowest BCUT2D eigenvalue weighted by Crippen LogP contribution is -2.20. The van der Waals surface area contributed by atoms with Crippen LogP contribution in [0.15, 0.2) is 42.7 Å². The summed E-state index contributed by atoms with van der Waals surface area (Å²) in [5, 5.41) is 11.8. The quantitative estimate of drug-likeness (QED) is 0.694. The Labute approximate surface area is 169 Å². The molecule has 0 radical (unpaired) electrons. The molecule has 0 atom stereocenters. The molecule has 3 heterocycles. The molecule has 29 heavy (non-hydrogen) atoms. The van der Waals surface area contributed by atoms with Crippen LogP contribution < -0.4 is 10.1 Å². The molecule has 1 aromatic carbocycles. The van der Waals surface area contributed by atoms with Crippen molar-refractivity contribution >= 4 is 11.6 Å². The van der Waals surface area contributed by atoms with Gasteiger partial charge in [-0.25, -0.2) is 0 Å². The molecule has 1 aliphatic heterocycles. The first-order valence-electron chi connectivity index (χ1n) is 9.73. The van der Waals surface area contributed by atoms with Gasteiger partial charge in [0.05, 0.1) is 24.7 Å². The SMILES string of the molecule is COc1ccccc1-c1cc(C(=O)Nc2cnn(CC3CCOCC3)c2)n(C)n1. The fraction of sp³-hybridized carbons (Fsp3) is 0.381. The predicted octanol–water partition coefficient (Wildman–Crippen LogP) is 2.97. The molecule has 1 amide bonds. The van der Waals surface area contributed by atoms with Crippen molar-refractivity contribution in [3.63, 3.8) is 0 Å². The Kier molecular flexibility index (Phi) is 5.62. The molecule has 152 valence electrons. The smallest absolute Gasteiger partial charge is 0.274 e. The van der Waals surface area contributed by atoms with Crippen molar-refractivity contribution in [2.45, 2.75) is 19.4 Å². The Bertz CT molecular complexity index is 988. The molecular weight excluding hydrogens is 370 g/mol. The molecule has 0 aliphatic carbocycles. The van der Waals surface area contributed by atoms with Crippen LogP contribution in [-0.4, -0.2) is 45.8 Å². The van der Waals surface area contributed by atoms with Crippen LogP contribution in [-0.2, 0) is 18.3 Å². The van der Waals surface area contributed by atoms with Gasteiger partial charge in [0, 0.05) is 38.6 Å². The van der Waals surface area contributed by atoms with E-state index in [4.69, 9.17) is 9.47 Å². The Morgan fingerprint density at radius 1 is 1.31 bits per heavy atom. The van der Waals surface area contributed by atoms with Gasteiger partial charge in [-0.2, -0.15) is 10.2 Å². The summed E-state index contributed by atoms with van der Waals surface area (Å²) in [5.74, 6) is 1.05. The number of carbonyl (C=O) groups excluding carboxylic acids is 1. The number of aromatic nitrogens is 4. The molecular formula is C21H25N5O3. The zero-order valence-corrected chi connectivity index (χ0v) is 16.7. The van der Waals surface area contributed by atoms with Gasteiger partial charge in [-0.15, -0.1) is 0 Å². The van der Waals surface area contributed by atoms with Gasteiger partial charge in [0.25, 0.3) is 5.91 Å². The number of nitrogens with one attached hydrogen (secondary N) is 1. The summed E-state index contributed by atoms with van der Waals surface area (Å²) < 4.78 is 14.3. The van der Waals surface area contributed by atoms with Gasteiger partial charge in [-0.05, 0) is 37.0 Å². The number of rotatable bonds is 6. The lowest BCUT2D eigenvalue weighted by atomic mass is 10.0. The second-order valence-corrected chi connectivity index (χ2v) is 7.20. The minimum atomic E-state index is -0.230. The Morgan fingerprint density at radius 2 is 2.10 bits per heavy atom. The zero-order valence-electron chi connectivity index (χ0n) is 16.7. The molecule has 1 N–H and O–H groups in total. The number of benzene rings is 1. The van der Waals surface area contributed by atoms with Gasteiger partial charge in [0.15, 0.2) is 0 Å². The molecule has 1 aliphatic rings. The van der Waals surface area contributed by atoms with E-state index < -0.39 is 0 Å². The Hall–Kier alpha value is -3.13. The second kappa shape index (κ2) is 8.48. The van der Waals surface area contributed by atoms with Crippen LogP contribution in [0.5, 0.6) is 5.75 Å². The minimum Gasteiger partial charge on any atom is -0.496 e. The third kappa shape index (κ3) is 4.32. The van der Waals surface area contributed by atoms with Crippen molar-refractivity contribution < 1.29 is 14.3 Å². The van der Waals surface area contributed by atoms with Crippen molar-refractivity contribution in [1.82, 2.24) is 19.6 Å². The predicted molar refractivity (Wildman–Crippen MR) is 109 cm³/mol. The van der Waals surface area contributed by atoms with Crippen LogP contribution in [0.4, 0.5) is 5.69 Å². The molecule has 8 heteroatoms. The van der Waals surface area contributed by atoms with E-state index >= 15 is 0 Å². The van der Waals surface area contributed by atoms with Gasteiger partial charge < -0.3 is 14.8 Å². The number of nitrogens with zero attached hydrogens (tertiary/aromatic N) is 4. The summed E-state index contributed by atoms with van der Waals surface area (Å²) in [5.41, 5.74) is 2.66. The molecule has 8 nitrogen and oxygen atoms in total. The largest absolute Gasteiger partial charge is 0.496 e. The van der Waals surface area contributed by atoms with E-state index in [1.807, 2.05) is 35.1 Å². The minimum absolute atomic E-state index is 0.230. The van der Waals surface area contributed by atoms with E-state index in [0.717, 1.165) is 38.2 Å². The summed E-state index contributed by atoms with van der Waals surface area (Å²) in [6.07, 6.45) is 5.63. The number of methoxy groups -OCH3 is 1. The molecule has 0 spiro atoms. The highest BCUT2D eigenvalue weighted by Crippen LogP contribution is 2.29. The standard InChI is InChI=1S/C21H25N5O3/c1-25-19(11-18(24-25)17-5-3-4-6-20(17)28-2)21(27)23-16-12-22-26(14-16)13-15-7-9-29-10-8-15/h3-6,11-12,14-15H,7-10,13H2,1-2H3,(H,23,27). The summed E-state index contributed by atoms with van der Waals surface area (Å²) >= 11 is 0. The number of aryl methyl sites for hydroxylation is 1. The molecule has 0 unspecified atom stereocenters. The topological polar surface area (TPSA) is 83.2 Å². The molecule has 4 rings (SSSR count). The van der Waals surface area contributed by atoms with Crippen LogP contribution in [0.25, 0.3) is 11.3 Å². The summed E-state index contributed by atoms with van der Waals surface area (Å²) in [7, 11) is 3.37. The van der Waals surface area contributed by atoms with Crippen molar-refractivity contribution in [1.29, 1.82) is 0 Å². The van der Waals surface area contributed by atoms with Crippen LogP contribution in [0.1, 0.15) is 23.3 Å². The highest BCUT2D eigenvalue weighted by Gasteiger charge is 2.18. The first kappa shape index (κ1) is 19.2. The molecule has 2 aromatic heterocycles. The number of anilines is 1. The van der Waals surface area contributed by atoms with E-state index in [0.29, 0.717) is 28.7 Å². The molecule has 0 bridgehead atoms. The van der Waals surface area contributed by atoms with Crippen molar-refractivity contribution in [3.05, 3.63) is 48.4 Å². The first-order chi connectivity index (χ1) is 14.1. The number of carbonyl (C=O) groups is 1. The van der Waals surface area contributed by atoms with Crippen LogP contribution >= 0.6 is 0 Å². The van der Waals surface area contributed by atoms with E-state index in [2.05, 4.69) is 15.5 Å². The third-order valence-corrected chi connectivity index (χ3v) is 5.17. The highest BCUT2D eigenvalue weighted by molar-refractivity contribution is 6.03. The Balaban J connectivity index is 1.46. The zero-order chi connectivity index (χ0) is 20.2. The monoisotopic (exact) mass is 395 g/mol. The second-order valence-electron chi connectivity index (χ2n) is 7.20. The van der Waals surface area contributed by atoms with E-state index in [9.17, 15) is 4.79 Å². The van der Waals surface area contributed by atoms with Gasteiger partial charge in [0.1, 0.15) is 11.4 Å². The number of para-hydroxylation sites is 1. The van der Waals surface area contributed by atoms with Crippen molar-refractivity contribution in [2.75, 3.05) is 25.6 Å². The summed E-state index contributed by atoms with van der Waals surface area (Å²) in [6, 6.07) is 9.37. The average molecular weight is 395 g/mol. The Morgan fingerprint density at radius 3 is 2.90 bits per heavy atom. The van der Waals surface area contributed by atoms with Gasteiger partial charge in [-0.1, -0.05) is 12.1 Å². The normalized spacial score (nSPS) is 14.7. The molecule has 3 aromatic rings. The van der Waals surface area contributed by atoms with Gasteiger partial charge in [-0.3, -0.25) is 14.2 Å². The molecule has 1 fully saturated rings.